The third kappa shape index (κ3) is 3.70. The van der Waals surface area contributed by atoms with Crippen LogP contribution in [0.4, 0.5) is 0 Å². The summed E-state index contributed by atoms with van der Waals surface area (Å²) in [5.74, 6) is -0.490. The van der Waals surface area contributed by atoms with E-state index >= 15 is 0 Å². The molecular formula is C13H23NO4. The van der Waals surface area contributed by atoms with E-state index < -0.39 is 0 Å². The average Bonchev–Trinajstić information content (AvgIpc) is 2.39. The van der Waals surface area contributed by atoms with Crippen LogP contribution in [0.3, 0.4) is 0 Å². The standard InChI is InChI=1S/C13H23NO4/c1-4-11(13(16)18-5-2)14-8-6-7-10(9-14)12(15)17-3/h10-11H,4-9H2,1-3H3. The van der Waals surface area contributed by atoms with E-state index in [4.69, 9.17) is 9.47 Å². The molecule has 2 atom stereocenters. The van der Waals surface area contributed by atoms with Crippen molar-refractivity contribution in [2.24, 2.45) is 5.92 Å². The number of hydrogen-bond donors (Lipinski definition) is 0. The molecule has 0 bridgehead atoms. The molecule has 18 heavy (non-hydrogen) atoms. The van der Waals surface area contributed by atoms with Gasteiger partial charge in [-0.25, -0.2) is 0 Å². The first kappa shape index (κ1) is 15.0. The van der Waals surface area contributed by atoms with Crippen LogP contribution in [0.15, 0.2) is 0 Å². The predicted molar refractivity (Wildman–Crippen MR) is 67.0 cm³/mol. The van der Waals surface area contributed by atoms with Gasteiger partial charge in [-0.2, -0.15) is 0 Å². The van der Waals surface area contributed by atoms with Gasteiger partial charge < -0.3 is 9.47 Å². The topological polar surface area (TPSA) is 55.8 Å². The first-order valence-corrected chi connectivity index (χ1v) is 6.62. The van der Waals surface area contributed by atoms with Gasteiger partial charge in [-0.15, -0.1) is 0 Å². The number of likely N-dealkylation sites (tertiary alicyclic amines) is 1. The maximum Gasteiger partial charge on any atom is 0.323 e. The van der Waals surface area contributed by atoms with Gasteiger partial charge in [0.2, 0.25) is 0 Å². The van der Waals surface area contributed by atoms with Crippen molar-refractivity contribution in [3.8, 4) is 0 Å². The van der Waals surface area contributed by atoms with Gasteiger partial charge in [0, 0.05) is 6.54 Å². The molecule has 0 saturated carbocycles. The summed E-state index contributed by atoms with van der Waals surface area (Å²) in [5.41, 5.74) is 0. The highest BCUT2D eigenvalue weighted by Gasteiger charge is 2.33. The molecule has 1 rings (SSSR count). The number of hydrogen-bond acceptors (Lipinski definition) is 5. The van der Waals surface area contributed by atoms with Gasteiger partial charge in [-0.3, -0.25) is 14.5 Å². The molecular weight excluding hydrogens is 234 g/mol. The minimum atomic E-state index is -0.239. The van der Waals surface area contributed by atoms with Gasteiger partial charge >= 0.3 is 11.9 Å². The van der Waals surface area contributed by atoms with E-state index in [-0.39, 0.29) is 23.9 Å². The lowest BCUT2D eigenvalue weighted by molar-refractivity contribution is -0.154. The maximum absolute atomic E-state index is 11.8. The summed E-state index contributed by atoms with van der Waals surface area (Å²) in [4.78, 5) is 25.4. The molecule has 0 spiro atoms. The van der Waals surface area contributed by atoms with Crippen molar-refractivity contribution in [2.45, 2.75) is 39.2 Å². The lowest BCUT2D eigenvalue weighted by Gasteiger charge is -2.35. The van der Waals surface area contributed by atoms with E-state index in [1.807, 2.05) is 11.8 Å². The SMILES string of the molecule is CCOC(=O)C(CC)N1CCCC(C(=O)OC)C1. The van der Waals surface area contributed by atoms with Gasteiger partial charge in [0.1, 0.15) is 6.04 Å². The van der Waals surface area contributed by atoms with Crippen molar-refractivity contribution in [3.63, 3.8) is 0 Å². The Morgan fingerprint density at radius 1 is 1.39 bits per heavy atom. The third-order valence-corrected chi connectivity index (χ3v) is 3.37. The summed E-state index contributed by atoms with van der Waals surface area (Å²) in [6.45, 7) is 5.58. The Morgan fingerprint density at radius 3 is 2.67 bits per heavy atom. The summed E-state index contributed by atoms with van der Waals surface area (Å²) in [5, 5.41) is 0. The summed E-state index contributed by atoms with van der Waals surface area (Å²) in [6, 6.07) is -0.239. The molecule has 0 radical (unpaired) electrons. The zero-order valence-electron chi connectivity index (χ0n) is 11.5. The van der Waals surface area contributed by atoms with Gasteiger partial charge in [0.25, 0.3) is 0 Å². The molecule has 5 nitrogen and oxygen atoms in total. The number of carbonyl (C=O) groups is 2. The maximum atomic E-state index is 11.8. The molecule has 0 N–H and O–H groups in total. The lowest BCUT2D eigenvalue weighted by Crippen LogP contribution is -2.48. The van der Waals surface area contributed by atoms with Gasteiger partial charge in [-0.1, -0.05) is 6.92 Å². The van der Waals surface area contributed by atoms with Crippen molar-refractivity contribution >= 4 is 11.9 Å². The highest BCUT2D eigenvalue weighted by Crippen LogP contribution is 2.21. The van der Waals surface area contributed by atoms with Crippen LogP contribution in [0.1, 0.15) is 33.1 Å². The fourth-order valence-corrected chi connectivity index (χ4v) is 2.46. The van der Waals surface area contributed by atoms with Crippen LogP contribution < -0.4 is 0 Å². The van der Waals surface area contributed by atoms with Crippen LogP contribution in [0.2, 0.25) is 0 Å². The smallest absolute Gasteiger partial charge is 0.323 e. The van der Waals surface area contributed by atoms with Crippen LogP contribution in [0.5, 0.6) is 0 Å². The number of rotatable bonds is 5. The Balaban J connectivity index is 2.63. The molecule has 0 aromatic carbocycles. The first-order chi connectivity index (χ1) is 8.63. The second-order valence-corrected chi connectivity index (χ2v) is 4.53. The second kappa shape index (κ2) is 7.36. The lowest BCUT2D eigenvalue weighted by atomic mass is 9.96. The van der Waals surface area contributed by atoms with E-state index in [9.17, 15) is 9.59 Å². The molecule has 1 aliphatic rings. The molecule has 5 heteroatoms. The fourth-order valence-electron chi connectivity index (χ4n) is 2.46. The van der Waals surface area contributed by atoms with Crippen molar-refractivity contribution in [1.29, 1.82) is 0 Å². The molecule has 1 fully saturated rings. The number of methoxy groups -OCH3 is 1. The largest absolute Gasteiger partial charge is 0.469 e. The second-order valence-electron chi connectivity index (χ2n) is 4.53. The Labute approximate surface area is 108 Å². The quantitative estimate of drug-likeness (QED) is 0.693. The highest BCUT2D eigenvalue weighted by atomic mass is 16.5. The minimum Gasteiger partial charge on any atom is -0.469 e. The molecule has 0 aromatic rings. The Bertz CT molecular complexity index is 293. The molecule has 1 saturated heterocycles. The summed E-state index contributed by atoms with van der Waals surface area (Å²) < 4.78 is 9.85. The van der Waals surface area contributed by atoms with Gasteiger partial charge in [-0.05, 0) is 32.7 Å². The summed E-state index contributed by atoms with van der Waals surface area (Å²) >= 11 is 0. The zero-order chi connectivity index (χ0) is 13.5. The Morgan fingerprint density at radius 2 is 2.11 bits per heavy atom. The fraction of sp³-hybridized carbons (Fsp3) is 0.846. The molecule has 1 heterocycles. The number of esters is 2. The number of carbonyl (C=O) groups excluding carboxylic acids is 2. The van der Waals surface area contributed by atoms with Gasteiger partial charge in [0.05, 0.1) is 19.6 Å². The van der Waals surface area contributed by atoms with Crippen molar-refractivity contribution < 1.29 is 19.1 Å². The van der Waals surface area contributed by atoms with E-state index in [1.54, 1.807) is 6.92 Å². The summed E-state index contributed by atoms with van der Waals surface area (Å²) in [6.07, 6.45) is 2.45. The average molecular weight is 257 g/mol. The number of nitrogens with zero attached hydrogens (tertiary/aromatic N) is 1. The van der Waals surface area contributed by atoms with E-state index in [0.29, 0.717) is 19.6 Å². The first-order valence-electron chi connectivity index (χ1n) is 6.62. The molecule has 0 amide bonds. The number of piperidine rings is 1. The van der Waals surface area contributed by atoms with Crippen molar-refractivity contribution in [3.05, 3.63) is 0 Å². The van der Waals surface area contributed by atoms with Crippen LogP contribution >= 0.6 is 0 Å². The Hall–Kier alpha value is -1.10. The zero-order valence-corrected chi connectivity index (χ0v) is 11.5. The van der Waals surface area contributed by atoms with Gasteiger partial charge in [0.15, 0.2) is 0 Å². The Kier molecular flexibility index (Phi) is 6.12. The minimum absolute atomic E-state index is 0.118. The van der Waals surface area contributed by atoms with Crippen LogP contribution in [-0.2, 0) is 19.1 Å². The normalized spacial score (nSPS) is 22.3. The highest BCUT2D eigenvalue weighted by molar-refractivity contribution is 5.76. The van der Waals surface area contributed by atoms with E-state index in [0.717, 1.165) is 19.4 Å². The van der Waals surface area contributed by atoms with Crippen LogP contribution in [-0.4, -0.2) is 49.7 Å². The molecule has 2 unspecified atom stereocenters. The molecule has 0 aromatic heterocycles. The number of ether oxygens (including phenoxy) is 2. The third-order valence-electron chi connectivity index (χ3n) is 3.37. The van der Waals surface area contributed by atoms with E-state index in [1.165, 1.54) is 7.11 Å². The monoisotopic (exact) mass is 257 g/mol. The van der Waals surface area contributed by atoms with E-state index in [2.05, 4.69) is 0 Å². The van der Waals surface area contributed by atoms with Crippen molar-refractivity contribution in [2.75, 3.05) is 26.8 Å². The molecule has 104 valence electrons. The molecule has 1 aliphatic heterocycles. The van der Waals surface area contributed by atoms with Crippen LogP contribution in [0, 0.1) is 5.92 Å². The van der Waals surface area contributed by atoms with Crippen LogP contribution in [0.25, 0.3) is 0 Å². The predicted octanol–water partition coefficient (Wildman–Crippen LogP) is 1.21. The van der Waals surface area contributed by atoms with Crippen molar-refractivity contribution in [1.82, 2.24) is 4.90 Å². The molecule has 0 aliphatic carbocycles. The summed E-state index contributed by atoms with van der Waals surface area (Å²) in [7, 11) is 1.41.